The van der Waals surface area contributed by atoms with Crippen LogP contribution < -0.4 is 5.32 Å². The summed E-state index contributed by atoms with van der Waals surface area (Å²) >= 11 is 0. The summed E-state index contributed by atoms with van der Waals surface area (Å²) in [6.45, 7) is 5.71. The summed E-state index contributed by atoms with van der Waals surface area (Å²) in [5.41, 5.74) is 3.14. The molecule has 2 rings (SSSR count). The van der Waals surface area contributed by atoms with Crippen LogP contribution in [0.3, 0.4) is 0 Å². The number of aryl methyl sites for hydroxylation is 3. The Kier molecular flexibility index (Phi) is 4.57. The molecule has 0 aromatic carbocycles. The standard InChI is InChI=1S/C11H17N5.ClH/c1-4-16-8-11(9(2)13-16)12-7-10-5-6-15(3)14-10;/h5-6,8,12H,4,7H2,1-3H3;1H. The number of aromatic nitrogens is 4. The third-order valence-corrected chi connectivity index (χ3v) is 2.50. The molecule has 2 aromatic rings. The van der Waals surface area contributed by atoms with Gasteiger partial charge in [0.1, 0.15) is 0 Å². The summed E-state index contributed by atoms with van der Waals surface area (Å²) in [7, 11) is 1.92. The molecule has 2 heterocycles. The second-order valence-corrected chi connectivity index (χ2v) is 3.82. The predicted molar refractivity (Wildman–Crippen MR) is 70.4 cm³/mol. The van der Waals surface area contributed by atoms with Crippen LogP contribution in [0.4, 0.5) is 5.69 Å². The molecule has 94 valence electrons. The summed E-state index contributed by atoms with van der Waals surface area (Å²) in [5, 5.41) is 12.0. The average molecular weight is 256 g/mol. The molecule has 0 saturated carbocycles. The molecule has 0 atom stereocenters. The Hall–Kier alpha value is -1.49. The van der Waals surface area contributed by atoms with Gasteiger partial charge in [0.2, 0.25) is 0 Å². The van der Waals surface area contributed by atoms with E-state index in [0.717, 1.165) is 30.2 Å². The molecular weight excluding hydrogens is 238 g/mol. The molecule has 0 unspecified atom stereocenters. The van der Waals surface area contributed by atoms with Crippen LogP contribution in [0.2, 0.25) is 0 Å². The maximum absolute atomic E-state index is 4.38. The van der Waals surface area contributed by atoms with E-state index in [9.17, 15) is 0 Å². The Labute approximate surface area is 107 Å². The van der Waals surface area contributed by atoms with Gasteiger partial charge in [0.05, 0.1) is 23.6 Å². The van der Waals surface area contributed by atoms with Gasteiger partial charge >= 0.3 is 0 Å². The van der Waals surface area contributed by atoms with E-state index in [4.69, 9.17) is 0 Å². The number of halogens is 1. The van der Waals surface area contributed by atoms with Gasteiger partial charge in [-0.15, -0.1) is 12.4 Å². The molecule has 0 aliphatic carbocycles. The van der Waals surface area contributed by atoms with Crippen LogP contribution in [0, 0.1) is 6.92 Å². The van der Waals surface area contributed by atoms with Gasteiger partial charge in [-0.3, -0.25) is 9.36 Å². The summed E-state index contributed by atoms with van der Waals surface area (Å²) in [6.07, 6.45) is 3.97. The Bertz CT molecular complexity index is 474. The van der Waals surface area contributed by atoms with Gasteiger partial charge in [-0.25, -0.2) is 0 Å². The monoisotopic (exact) mass is 255 g/mol. The van der Waals surface area contributed by atoms with Crippen molar-refractivity contribution in [3.8, 4) is 0 Å². The van der Waals surface area contributed by atoms with E-state index in [1.165, 1.54) is 0 Å². The maximum atomic E-state index is 4.38. The van der Waals surface area contributed by atoms with Crippen molar-refractivity contribution in [1.29, 1.82) is 0 Å². The Morgan fingerprint density at radius 3 is 2.65 bits per heavy atom. The molecule has 0 amide bonds. The van der Waals surface area contributed by atoms with E-state index < -0.39 is 0 Å². The molecule has 0 bridgehead atoms. The number of nitrogens with zero attached hydrogens (tertiary/aromatic N) is 4. The first kappa shape index (κ1) is 13.6. The van der Waals surface area contributed by atoms with Gasteiger partial charge in [-0.05, 0) is 19.9 Å². The lowest BCUT2D eigenvalue weighted by atomic mass is 10.3. The van der Waals surface area contributed by atoms with Crippen LogP contribution in [0.25, 0.3) is 0 Å². The molecule has 0 spiro atoms. The van der Waals surface area contributed by atoms with E-state index in [1.807, 2.05) is 37.1 Å². The Balaban J connectivity index is 0.00000144. The van der Waals surface area contributed by atoms with Crippen molar-refractivity contribution >= 4 is 18.1 Å². The van der Waals surface area contributed by atoms with Crippen LogP contribution in [0.15, 0.2) is 18.5 Å². The second kappa shape index (κ2) is 5.72. The third-order valence-electron chi connectivity index (χ3n) is 2.50. The van der Waals surface area contributed by atoms with Crippen molar-refractivity contribution < 1.29 is 0 Å². The maximum Gasteiger partial charge on any atom is 0.0825 e. The van der Waals surface area contributed by atoms with Crippen molar-refractivity contribution in [1.82, 2.24) is 19.6 Å². The van der Waals surface area contributed by atoms with Crippen LogP contribution >= 0.6 is 12.4 Å². The highest BCUT2D eigenvalue weighted by Crippen LogP contribution is 2.13. The fourth-order valence-electron chi connectivity index (χ4n) is 1.60. The van der Waals surface area contributed by atoms with Gasteiger partial charge in [-0.2, -0.15) is 10.2 Å². The van der Waals surface area contributed by atoms with Gasteiger partial charge in [-0.1, -0.05) is 0 Å². The van der Waals surface area contributed by atoms with E-state index in [0.29, 0.717) is 0 Å². The number of nitrogens with one attached hydrogen (secondary N) is 1. The lowest BCUT2D eigenvalue weighted by molar-refractivity contribution is 0.653. The first-order valence-corrected chi connectivity index (χ1v) is 5.45. The topological polar surface area (TPSA) is 47.7 Å². The minimum atomic E-state index is 0. The number of rotatable bonds is 4. The molecule has 1 N–H and O–H groups in total. The van der Waals surface area contributed by atoms with Crippen molar-refractivity contribution in [3.63, 3.8) is 0 Å². The summed E-state index contributed by atoms with van der Waals surface area (Å²) in [4.78, 5) is 0. The van der Waals surface area contributed by atoms with Crippen molar-refractivity contribution in [2.24, 2.45) is 7.05 Å². The van der Waals surface area contributed by atoms with Crippen LogP contribution in [0.1, 0.15) is 18.3 Å². The normalized spacial score (nSPS) is 10.1. The predicted octanol–water partition coefficient (Wildman–Crippen LogP) is 1.98. The highest BCUT2D eigenvalue weighted by atomic mass is 35.5. The SMILES string of the molecule is CCn1cc(NCc2ccn(C)n2)c(C)n1.Cl. The molecule has 17 heavy (non-hydrogen) atoms. The minimum Gasteiger partial charge on any atom is -0.377 e. The Morgan fingerprint density at radius 2 is 2.12 bits per heavy atom. The van der Waals surface area contributed by atoms with Gasteiger partial charge in [0, 0.05) is 26.0 Å². The fraction of sp³-hybridized carbons (Fsp3) is 0.455. The molecule has 0 aliphatic rings. The lowest BCUT2D eigenvalue weighted by Crippen LogP contribution is -2.01. The average Bonchev–Trinajstić information content (AvgIpc) is 2.82. The molecule has 0 radical (unpaired) electrons. The molecule has 0 fully saturated rings. The Morgan fingerprint density at radius 1 is 1.35 bits per heavy atom. The molecule has 2 aromatic heterocycles. The summed E-state index contributed by atoms with van der Waals surface area (Å²) in [6, 6.07) is 2.01. The summed E-state index contributed by atoms with van der Waals surface area (Å²) < 4.78 is 3.73. The van der Waals surface area contributed by atoms with Crippen LogP contribution in [-0.4, -0.2) is 19.6 Å². The molecule has 0 saturated heterocycles. The third kappa shape index (κ3) is 3.23. The van der Waals surface area contributed by atoms with Crippen LogP contribution in [-0.2, 0) is 20.1 Å². The lowest BCUT2D eigenvalue weighted by Gasteiger charge is -2.01. The van der Waals surface area contributed by atoms with E-state index in [1.54, 1.807) is 4.68 Å². The van der Waals surface area contributed by atoms with E-state index in [2.05, 4.69) is 22.4 Å². The van der Waals surface area contributed by atoms with Crippen LogP contribution in [0.5, 0.6) is 0 Å². The number of hydrogen-bond acceptors (Lipinski definition) is 3. The smallest absolute Gasteiger partial charge is 0.0825 e. The zero-order valence-electron chi connectivity index (χ0n) is 10.3. The molecule has 5 nitrogen and oxygen atoms in total. The highest BCUT2D eigenvalue weighted by Gasteiger charge is 2.04. The highest BCUT2D eigenvalue weighted by molar-refractivity contribution is 5.85. The molecule has 6 heteroatoms. The minimum absolute atomic E-state index is 0. The summed E-state index contributed by atoms with van der Waals surface area (Å²) in [5.74, 6) is 0. The van der Waals surface area contributed by atoms with Gasteiger partial charge in [0.25, 0.3) is 0 Å². The van der Waals surface area contributed by atoms with E-state index >= 15 is 0 Å². The fourth-order valence-corrected chi connectivity index (χ4v) is 1.60. The zero-order chi connectivity index (χ0) is 11.5. The molecular formula is C11H18ClN5. The van der Waals surface area contributed by atoms with Gasteiger partial charge < -0.3 is 5.32 Å². The quantitative estimate of drug-likeness (QED) is 0.909. The van der Waals surface area contributed by atoms with Crippen molar-refractivity contribution in [2.45, 2.75) is 26.9 Å². The first-order chi connectivity index (χ1) is 7.69. The number of hydrogen-bond donors (Lipinski definition) is 1. The van der Waals surface area contributed by atoms with E-state index in [-0.39, 0.29) is 12.4 Å². The largest absolute Gasteiger partial charge is 0.377 e. The van der Waals surface area contributed by atoms with Crippen molar-refractivity contribution in [3.05, 3.63) is 29.8 Å². The zero-order valence-corrected chi connectivity index (χ0v) is 11.2. The first-order valence-electron chi connectivity index (χ1n) is 5.45. The van der Waals surface area contributed by atoms with Crippen molar-refractivity contribution in [2.75, 3.05) is 5.32 Å². The van der Waals surface area contributed by atoms with Gasteiger partial charge in [0.15, 0.2) is 0 Å². The molecule has 0 aliphatic heterocycles. The number of anilines is 1. The second-order valence-electron chi connectivity index (χ2n) is 3.82.